The summed E-state index contributed by atoms with van der Waals surface area (Å²) in [5.41, 5.74) is 8.28. The maximum absolute atomic E-state index is 6.60. The highest BCUT2D eigenvalue weighted by Gasteiger charge is 2.28. The second kappa shape index (κ2) is 5.84. The zero-order chi connectivity index (χ0) is 13.2. The van der Waals surface area contributed by atoms with Crippen LogP contribution >= 0.6 is 11.6 Å². The van der Waals surface area contributed by atoms with Gasteiger partial charge in [0.05, 0.1) is 16.4 Å². The van der Waals surface area contributed by atoms with Crippen molar-refractivity contribution in [3.8, 4) is 0 Å². The lowest BCUT2D eigenvalue weighted by atomic mass is 9.83. The van der Waals surface area contributed by atoms with Crippen molar-refractivity contribution in [1.29, 1.82) is 0 Å². The van der Waals surface area contributed by atoms with Crippen LogP contribution < -0.4 is 5.73 Å². The van der Waals surface area contributed by atoms with Crippen LogP contribution in [0.25, 0.3) is 0 Å². The van der Waals surface area contributed by atoms with Crippen LogP contribution in [0, 0.1) is 0 Å². The Kier molecular flexibility index (Phi) is 4.13. The van der Waals surface area contributed by atoms with Gasteiger partial charge in [-0.3, -0.25) is 5.10 Å². The van der Waals surface area contributed by atoms with Crippen LogP contribution in [-0.2, 0) is 0 Å². The number of H-pyrrole nitrogens is 1. The molecule has 1 heterocycles. The smallest absolute Gasteiger partial charge is 0.0853 e. The molecule has 19 heavy (non-hydrogen) atoms. The van der Waals surface area contributed by atoms with E-state index in [1.807, 2.05) is 0 Å². The van der Waals surface area contributed by atoms with Crippen LogP contribution in [0.4, 0.5) is 0 Å². The molecule has 2 saturated carbocycles. The molecule has 0 saturated heterocycles. The van der Waals surface area contributed by atoms with Gasteiger partial charge in [0.2, 0.25) is 0 Å². The van der Waals surface area contributed by atoms with E-state index in [9.17, 15) is 0 Å². The summed E-state index contributed by atoms with van der Waals surface area (Å²) < 4.78 is 0. The highest BCUT2D eigenvalue weighted by atomic mass is 35.5. The van der Waals surface area contributed by atoms with Crippen molar-refractivity contribution in [2.24, 2.45) is 5.73 Å². The average Bonchev–Trinajstić information content (AvgIpc) is 2.83. The third-order valence-corrected chi connectivity index (χ3v) is 5.33. The number of halogens is 1. The molecule has 0 radical (unpaired) electrons. The molecule has 2 aliphatic carbocycles. The highest BCUT2D eigenvalue weighted by molar-refractivity contribution is 6.32. The Morgan fingerprint density at radius 1 is 0.947 bits per heavy atom. The van der Waals surface area contributed by atoms with E-state index >= 15 is 0 Å². The summed E-state index contributed by atoms with van der Waals surface area (Å²) >= 11 is 6.60. The minimum atomic E-state index is 0.385. The molecular weight excluding hydrogens is 258 g/mol. The molecule has 0 bridgehead atoms. The maximum atomic E-state index is 6.60. The summed E-state index contributed by atoms with van der Waals surface area (Å²) in [5.74, 6) is 1.12. The lowest BCUT2D eigenvalue weighted by molar-refractivity contribution is 0.390. The third-order valence-electron chi connectivity index (χ3n) is 4.93. The van der Waals surface area contributed by atoms with Crippen LogP contribution in [0.2, 0.25) is 5.02 Å². The van der Waals surface area contributed by atoms with E-state index in [0.717, 1.165) is 36.4 Å². The molecule has 0 aromatic carbocycles. The molecule has 2 fully saturated rings. The van der Waals surface area contributed by atoms with E-state index in [0.29, 0.717) is 17.9 Å². The fourth-order valence-corrected chi connectivity index (χ4v) is 4.07. The molecule has 1 aromatic heterocycles. The molecular formula is C15H24ClN3. The zero-order valence-electron chi connectivity index (χ0n) is 11.5. The number of nitrogens with zero attached hydrogens (tertiary/aromatic N) is 1. The molecule has 4 heteroatoms. The van der Waals surface area contributed by atoms with Gasteiger partial charge in [0.15, 0.2) is 0 Å². The molecule has 0 aliphatic heterocycles. The monoisotopic (exact) mass is 281 g/mol. The van der Waals surface area contributed by atoms with E-state index < -0.39 is 0 Å². The van der Waals surface area contributed by atoms with Gasteiger partial charge in [-0.1, -0.05) is 30.9 Å². The molecule has 0 unspecified atom stereocenters. The van der Waals surface area contributed by atoms with Crippen molar-refractivity contribution in [2.75, 3.05) is 0 Å². The summed E-state index contributed by atoms with van der Waals surface area (Å²) in [7, 11) is 0. The SMILES string of the molecule is NC1CCC(c2[nH]nc(C3CCCCC3)c2Cl)CC1. The van der Waals surface area contributed by atoms with E-state index in [-0.39, 0.29) is 0 Å². The molecule has 3 rings (SSSR count). The van der Waals surface area contributed by atoms with Gasteiger partial charge in [-0.25, -0.2) is 0 Å². The highest BCUT2D eigenvalue weighted by Crippen LogP contribution is 2.40. The van der Waals surface area contributed by atoms with Crippen molar-refractivity contribution in [2.45, 2.75) is 75.7 Å². The van der Waals surface area contributed by atoms with Crippen LogP contribution in [-0.4, -0.2) is 16.2 Å². The topological polar surface area (TPSA) is 54.7 Å². The molecule has 3 N–H and O–H groups in total. The van der Waals surface area contributed by atoms with Crippen LogP contribution in [0.15, 0.2) is 0 Å². The molecule has 3 nitrogen and oxygen atoms in total. The van der Waals surface area contributed by atoms with Gasteiger partial charge < -0.3 is 5.73 Å². The van der Waals surface area contributed by atoms with E-state index in [1.165, 1.54) is 37.8 Å². The van der Waals surface area contributed by atoms with Crippen LogP contribution in [0.3, 0.4) is 0 Å². The Balaban J connectivity index is 1.74. The molecule has 0 spiro atoms. The van der Waals surface area contributed by atoms with Gasteiger partial charge in [0.1, 0.15) is 0 Å². The van der Waals surface area contributed by atoms with E-state index in [2.05, 4.69) is 10.2 Å². The third kappa shape index (κ3) is 2.82. The lowest BCUT2D eigenvalue weighted by Gasteiger charge is -2.25. The van der Waals surface area contributed by atoms with Gasteiger partial charge in [-0.2, -0.15) is 5.10 Å². The summed E-state index contributed by atoms with van der Waals surface area (Å²) in [6, 6.07) is 0.385. The van der Waals surface area contributed by atoms with Crippen molar-refractivity contribution in [1.82, 2.24) is 10.2 Å². The summed E-state index contributed by atoms with van der Waals surface area (Å²) in [4.78, 5) is 0. The number of aromatic nitrogens is 2. The van der Waals surface area contributed by atoms with Crippen molar-refractivity contribution in [3.05, 3.63) is 16.4 Å². The lowest BCUT2D eigenvalue weighted by Crippen LogP contribution is -2.25. The fourth-order valence-electron chi connectivity index (χ4n) is 3.68. The molecule has 0 amide bonds. The van der Waals surface area contributed by atoms with Crippen LogP contribution in [0.5, 0.6) is 0 Å². The predicted octanol–water partition coefficient (Wildman–Crippen LogP) is 4.10. The largest absolute Gasteiger partial charge is 0.328 e. The number of nitrogens with two attached hydrogens (primary N) is 1. The van der Waals surface area contributed by atoms with Gasteiger partial charge in [0, 0.05) is 17.9 Å². The first-order valence-corrected chi connectivity index (χ1v) is 8.12. The number of nitrogens with one attached hydrogen (secondary N) is 1. The molecule has 2 aliphatic rings. The summed E-state index contributed by atoms with van der Waals surface area (Å²) in [6.45, 7) is 0. The number of aromatic amines is 1. The Hall–Kier alpha value is -0.540. The first kappa shape index (κ1) is 13.4. The number of rotatable bonds is 2. The zero-order valence-corrected chi connectivity index (χ0v) is 12.3. The predicted molar refractivity (Wildman–Crippen MR) is 78.6 cm³/mol. The molecule has 1 aromatic rings. The summed E-state index contributed by atoms with van der Waals surface area (Å²) in [6.07, 6.45) is 11.0. The Morgan fingerprint density at radius 2 is 1.63 bits per heavy atom. The first-order valence-electron chi connectivity index (χ1n) is 7.75. The standard InChI is InChI=1S/C15H24ClN3/c16-13-14(10-4-2-1-3-5-10)18-19-15(13)11-6-8-12(17)9-7-11/h10-12H,1-9,17H2,(H,18,19). The summed E-state index contributed by atoms with van der Waals surface area (Å²) in [5, 5.41) is 8.70. The molecule has 0 atom stereocenters. The quantitative estimate of drug-likeness (QED) is 0.858. The number of hydrogen-bond acceptors (Lipinski definition) is 2. The minimum absolute atomic E-state index is 0.385. The van der Waals surface area contributed by atoms with Crippen molar-refractivity contribution >= 4 is 11.6 Å². The van der Waals surface area contributed by atoms with Gasteiger partial charge >= 0.3 is 0 Å². The second-order valence-electron chi connectivity index (χ2n) is 6.28. The van der Waals surface area contributed by atoms with E-state index in [1.54, 1.807) is 0 Å². The van der Waals surface area contributed by atoms with Gasteiger partial charge in [-0.15, -0.1) is 0 Å². The normalized spacial score (nSPS) is 29.6. The van der Waals surface area contributed by atoms with Gasteiger partial charge in [0.25, 0.3) is 0 Å². The van der Waals surface area contributed by atoms with E-state index in [4.69, 9.17) is 17.3 Å². The van der Waals surface area contributed by atoms with Crippen molar-refractivity contribution in [3.63, 3.8) is 0 Å². The maximum Gasteiger partial charge on any atom is 0.0853 e. The fraction of sp³-hybridized carbons (Fsp3) is 0.800. The van der Waals surface area contributed by atoms with Crippen molar-refractivity contribution < 1.29 is 0 Å². The Bertz CT molecular complexity index is 415. The first-order chi connectivity index (χ1) is 9.25. The average molecular weight is 282 g/mol. The Morgan fingerprint density at radius 3 is 2.32 bits per heavy atom. The minimum Gasteiger partial charge on any atom is -0.328 e. The molecule has 106 valence electrons. The Labute approximate surface area is 120 Å². The van der Waals surface area contributed by atoms with Crippen LogP contribution in [0.1, 0.15) is 81.0 Å². The van der Waals surface area contributed by atoms with Gasteiger partial charge in [-0.05, 0) is 38.5 Å². The second-order valence-corrected chi connectivity index (χ2v) is 6.66. The number of hydrogen-bond donors (Lipinski definition) is 2.